The number of halogens is 5. The molecule has 0 radical (unpaired) electrons. The third-order valence-corrected chi connectivity index (χ3v) is 20.8. The van der Waals surface area contributed by atoms with Gasteiger partial charge in [0.2, 0.25) is 70.9 Å². The number of ether oxygens (including phenoxy) is 2. The molecule has 4 fully saturated rings. The van der Waals surface area contributed by atoms with Gasteiger partial charge in [0.15, 0.2) is 0 Å². The lowest BCUT2D eigenvalue weighted by Gasteiger charge is -2.42. The molecule has 0 bridgehead atoms. The van der Waals surface area contributed by atoms with Crippen LogP contribution in [-0.2, 0) is 81.3 Å². The molecule has 3 N–H and O–H groups in total. The number of rotatable bonds is 18. The normalized spacial score (nSPS) is 24.5. The van der Waals surface area contributed by atoms with Crippen LogP contribution in [0.3, 0.4) is 0 Å². The Morgan fingerprint density at radius 2 is 1.33 bits per heavy atom. The van der Waals surface area contributed by atoms with Crippen molar-refractivity contribution in [2.45, 2.75) is 191 Å². The van der Waals surface area contributed by atoms with Crippen molar-refractivity contribution in [3.8, 4) is 5.75 Å². The summed E-state index contributed by atoms with van der Waals surface area (Å²) in [6.07, 6.45) is -1.70. The van der Waals surface area contributed by atoms with Gasteiger partial charge in [-0.05, 0) is 106 Å². The molecule has 12 amide bonds. The van der Waals surface area contributed by atoms with E-state index in [1.807, 2.05) is 0 Å². The van der Waals surface area contributed by atoms with Crippen LogP contribution in [-0.4, -0.2) is 271 Å². The number of alkyl halides is 3. The van der Waals surface area contributed by atoms with Crippen molar-refractivity contribution in [1.82, 2.24) is 60.0 Å². The maximum Gasteiger partial charge on any atom is 0.422 e. The number of carbonyl (C=O) groups excluding carboxylic acids is 12. The molecule has 6 rings (SSSR count). The average molecular weight is 1500 g/mol. The van der Waals surface area contributed by atoms with Gasteiger partial charge in [-0.25, -0.2) is 8.78 Å². The highest BCUT2D eigenvalue weighted by atomic mass is 19.4. The predicted molar refractivity (Wildman–Crippen MR) is 382 cm³/mol. The number of nitrogens with one attached hydrogen (secondary N) is 3. The molecule has 2 saturated heterocycles. The first kappa shape index (κ1) is 85.9. The lowest BCUT2D eigenvalue weighted by Crippen LogP contribution is -2.65. The van der Waals surface area contributed by atoms with E-state index in [0.29, 0.717) is 68.4 Å². The third-order valence-electron chi connectivity index (χ3n) is 20.8. The zero-order chi connectivity index (χ0) is 78.8. The number of carbonyl (C=O) groups is 12. The van der Waals surface area contributed by atoms with Crippen LogP contribution < -0.4 is 20.7 Å². The molecule has 2 aliphatic carbocycles. The molecule has 2 saturated carbocycles. The van der Waals surface area contributed by atoms with Crippen molar-refractivity contribution < 1.29 is 89.0 Å². The fourth-order valence-corrected chi connectivity index (χ4v) is 14.6. The van der Waals surface area contributed by atoms with Gasteiger partial charge in [0.25, 0.3) is 0 Å². The van der Waals surface area contributed by atoms with Crippen molar-refractivity contribution in [2.24, 2.45) is 11.8 Å². The van der Waals surface area contributed by atoms with Crippen LogP contribution in [0.25, 0.3) is 0 Å². The number of aryl methyl sites for hydroxylation is 1. The van der Waals surface area contributed by atoms with Gasteiger partial charge in [-0.1, -0.05) is 83.7 Å². The molecular formula is C75H107F5N12O14. The lowest BCUT2D eigenvalue weighted by molar-refractivity contribution is -0.156. The molecule has 2 aromatic rings. The van der Waals surface area contributed by atoms with E-state index < -0.39 is 199 Å². The monoisotopic (exact) mass is 1490 g/mol. The summed E-state index contributed by atoms with van der Waals surface area (Å²) in [6, 6.07) is -2.56. The van der Waals surface area contributed by atoms with Gasteiger partial charge in [-0.3, -0.25) is 57.5 Å². The molecule has 2 heterocycles. The first-order chi connectivity index (χ1) is 50.0. The number of nitrogens with zero attached hydrogens (tertiary/aromatic N) is 9. The van der Waals surface area contributed by atoms with Crippen LogP contribution in [0.1, 0.15) is 134 Å². The molecular weight excluding hydrogens is 1390 g/mol. The molecule has 0 unspecified atom stereocenters. The number of likely N-dealkylation sites (N-methyl/N-ethyl adjacent to an activating group) is 7. The highest BCUT2D eigenvalue weighted by Gasteiger charge is 2.52. The number of fused-ring (bicyclic) bond motifs is 1. The Bertz CT molecular complexity index is 3490. The summed E-state index contributed by atoms with van der Waals surface area (Å²) < 4.78 is 83.7. The highest BCUT2D eigenvalue weighted by molar-refractivity contribution is 6.01. The van der Waals surface area contributed by atoms with E-state index in [9.17, 15) is 46.7 Å². The van der Waals surface area contributed by atoms with E-state index in [0.717, 1.165) is 29.4 Å². The van der Waals surface area contributed by atoms with Gasteiger partial charge >= 0.3 is 6.18 Å². The van der Waals surface area contributed by atoms with Gasteiger partial charge in [0, 0.05) is 88.9 Å². The van der Waals surface area contributed by atoms with Gasteiger partial charge in [-0.2, -0.15) is 13.2 Å². The first-order valence-electron chi connectivity index (χ1n) is 36.4. The molecule has 2 aromatic carbocycles. The van der Waals surface area contributed by atoms with Gasteiger partial charge in [0.1, 0.15) is 77.4 Å². The summed E-state index contributed by atoms with van der Waals surface area (Å²) in [6.45, 7) is 12.2. The predicted octanol–water partition coefficient (Wildman–Crippen LogP) is 4.90. The zero-order valence-corrected chi connectivity index (χ0v) is 63.2. The number of amides is 12. The van der Waals surface area contributed by atoms with Crippen molar-refractivity contribution in [3.05, 3.63) is 90.0 Å². The van der Waals surface area contributed by atoms with Crippen LogP contribution in [0.5, 0.6) is 5.75 Å². The van der Waals surface area contributed by atoms with Crippen LogP contribution in [0.2, 0.25) is 0 Å². The Morgan fingerprint density at radius 1 is 0.717 bits per heavy atom. The molecule has 9 atom stereocenters. The summed E-state index contributed by atoms with van der Waals surface area (Å²) in [5, 5.41) is 8.39. The molecule has 26 nitrogen and oxygen atoms in total. The van der Waals surface area contributed by atoms with Crippen LogP contribution in [0, 0.1) is 23.5 Å². The van der Waals surface area contributed by atoms with E-state index in [2.05, 4.69) is 29.1 Å². The second-order valence-electron chi connectivity index (χ2n) is 28.6. The highest BCUT2D eigenvalue weighted by Crippen LogP contribution is 2.38. The minimum atomic E-state index is -5.42. The summed E-state index contributed by atoms with van der Waals surface area (Å²) in [5.41, 5.74) is -3.70. The van der Waals surface area contributed by atoms with E-state index >= 15 is 32.8 Å². The smallest absolute Gasteiger partial charge is 0.422 e. The van der Waals surface area contributed by atoms with Crippen LogP contribution in [0.4, 0.5) is 22.0 Å². The molecule has 106 heavy (non-hydrogen) atoms. The van der Waals surface area contributed by atoms with E-state index in [4.69, 9.17) is 9.47 Å². The fraction of sp³-hybridized carbons (Fsp3) is 0.627. The average Bonchev–Trinajstić information content (AvgIpc) is 1.55. The zero-order valence-electron chi connectivity index (χ0n) is 63.2. The third kappa shape index (κ3) is 21.4. The Hall–Kier alpha value is -9.03. The fourth-order valence-electron chi connectivity index (χ4n) is 14.6. The Kier molecular flexibility index (Phi) is 31.2. The van der Waals surface area contributed by atoms with Crippen molar-refractivity contribution >= 4 is 70.9 Å². The lowest BCUT2D eigenvalue weighted by atomic mass is 9.90. The quantitative estimate of drug-likeness (QED) is 0.132. The van der Waals surface area contributed by atoms with Crippen molar-refractivity contribution in [3.63, 3.8) is 0 Å². The molecule has 0 aromatic heterocycles. The molecule has 586 valence electrons. The van der Waals surface area contributed by atoms with E-state index in [1.54, 1.807) is 58.0 Å². The maximum atomic E-state index is 15.7. The number of benzene rings is 2. The Balaban J connectivity index is 1.49. The van der Waals surface area contributed by atoms with Crippen LogP contribution >= 0.6 is 0 Å². The first-order valence-corrected chi connectivity index (χ1v) is 36.4. The summed E-state index contributed by atoms with van der Waals surface area (Å²) in [4.78, 5) is 190. The largest absolute Gasteiger partial charge is 0.490 e. The summed E-state index contributed by atoms with van der Waals surface area (Å²) in [5.74, 6) is -13.9. The van der Waals surface area contributed by atoms with Gasteiger partial charge in [-0.15, -0.1) is 6.58 Å². The second-order valence-corrected chi connectivity index (χ2v) is 28.6. The number of hydrogen-bond acceptors (Lipinski definition) is 14. The standard InChI is InChI=1S/C75H107F5N12O14/c1-15-24-55-66(97)82-64(46(6)18-4)71(102)87(11)44-61(95)85(9)45-62(96)91(35-16-2)58(39-47-27-30-50(31-28-47)106-36-17-3)70(101)86(10)43-59(93)81-54(32-29-48-37-52(76)63(53(77)38-48)75(78,79)80)68(99)92-42-51(105-19-5)40-56(92)67(98)83-74(33-22-23-34-74)73(104)90(14)65(49-25-20-21-26-49)72(103)89(13)57(69(100)84(7)8)41-60(94)88(55)12/h15,17,27-28,30-31,37-38,46,49,51,54-58,64-65H,1,3,16,18-26,29,32-36,39-45H2,2,4-14H3,(H,81,93)(H,82,97)(H,83,98)/t46-,51+,54-,55-,56-,57-,58-,64-,65-/m0/s1. The molecule has 4 aliphatic rings. The Morgan fingerprint density at radius 3 is 1.90 bits per heavy atom. The van der Waals surface area contributed by atoms with Gasteiger partial charge in [0.05, 0.1) is 32.2 Å². The molecule has 1 spiro atoms. The second kappa shape index (κ2) is 38.5. The number of hydrogen-bond donors (Lipinski definition) is 3. The van der Waals surface area contributed by atoms with E-state index in [1.165, 1.54) is 77.2 Å². The summed E-state index contributed by atoms with van der Waals surface area (Å²) >= 11 is 0. The van der Waals surface area contributed by atoms with Crippen molar-refractivity contribution in [1.29, 1.82) is 0 Å². The minimum Gasteiger partial charge on any atom is -0.490 e. The van der Waals surface area contributed by atoms with Crippen molar-refractivity contribution in [2.75, 3.05) is 102 Å². The molecule has 2 aliphatic heterocycles. The van der Waals surface area contributed by atoms with E-state index in [-0.39, 0.29) is 70.4 Å². The summed E-state index contributed by atoms with van der Waals surface area (Å²) in [7, 11) is 10.9. The SMILES string of the molecule is C=CCOc1ccc(C[C@H]2C(=O)N(C)CC(=O)N[C@@H](CCc3cc(F)c(C(F)(F)F)c(F)c3)C(=O)N3C[C@H](OCC)C[C@H]3C(=O)NC3(CCCC3)C(=O)N(C)[C@@H](C3CCCC3)C(=O)N(C)[C@H](C(=O)N(C)C)CC(=O)N(C)[C@@H](CC=C)C(=O)N[C@@H]([C@@H](C)CC)C(=O)N(C)CC(=O)N(C)CC(=O)N2CCC)cc1. The minimum absolute atomic E-state index is 0.0638. The topological polar surface area (TPSA) is 289 Å². The Labute approximate surface area is 618 Å². The molecule has 31 heteroatoms. The van der Waals surface area contributed by atoms with Gasteiger partial charge < -0.3 is 69.5 Å². The maximum absolute atomic E-state index is 15.7. The van der Waals surface area contributed by atoms with Crippen LogP contribution in [0.15, 0.2) is 61.7 Å².